The fraction of sp³-hybridized carbons (Fsp3) is 0.875. The van der Waals surface area contributed by atoms with E-state index in [1.165, 1.54) is 18.7 Å². The Labute approximate surface area is 90.6 Å². The van der Waals surface area contributed by atoms with Gasteiger partial charge in [0, 0.05) is 6.92 Å². The third-order valence-corrected chi connectivity index (χ3v) is 3.50. The molecule has 0 aromatic heterocycles. The molecule has 0 unspecified atom stereocenters. The van der Waals surface area contributed by atoms with Crippen LogP contribution in [0.4, 0.5) is 0 Å². The average Bonchev–Trinajstić information content (AvgIpc) is 2.71. The molecule has 84 valence electrons. The van der Waals surface area contributed by atoms with Gasteiger partial charge in [-0.1, -0.05) is 11.8 Å². The van der Waals surface area contributed by atoms with E-state index in [2.05, 4.69) is 10.2 Å². The summed E-state index contributed by atoms with van der Waals surface area (Å²) in [5.74, 6) is 0. The monoisotopic (exact) mass is 233 g/mol. The van der Waals surface area contributed by atoms with Crippen molar-refractivity contribution in [3.8, 4) is 0 Å². The summed E-state index contributed by atoms with van der Waals surface area (Å²) in [5, 5.41) is 2.41. The lowest BCUT2D eigenvalue weighted by molar-refractivity contribution is -0.109. The van der Waals surface area contributed by atoms with Gasteiger partial charge in [-0.05, 0) is 0 Å². The molecule has 2 saturated heterocycles. The highest BCUT2D eigenvalue weighted by Gasteiger charge is 2.50. The van der Waals surface area contributed by atoms with Gasteiger partial charge in [-0.3, -0.25) is 4.79 Å². The van der Waals surface area contributed by atoms with Crippen LogP contribution in [-0.2, 0) is 19.1 Å². The summed E-state index contributed by atoms with van der Waals surface area (Å²) in [6.07, 6.45) is -0.893. The van der Waals surface area contributed by atoms with Crippen molar-refractivity contribution in [1.29, 1.82) is 0 Å². The van der Waals surface area contributed by atoms with Crippen LogP contribution in [0.15, 0.2) is 5.34 Å². The second-order valence-corrected chi connectivity index (χ2v) is 4.88. The highest BCUT2D eigenvalue weighted by molar-refractivity contribution is 8.14. The number of hydrogen-bond acceptors (Lipinski definition) is 7. The number of carbonyl (C=O) groups excluding carboxylic acids is 1. The Morgan fingerprint density at radius 1 is 1.40 bits per heavy atom. The van der Waals surface area contributed by atoms with E-state index in [4.69, 9.17) is 9.47 Å². The number of ether oxygens (including phenoxy) is 2. The fourth-order valence-electron chi connectivity index (χ4n) is 1.89. The summed E-state index contributed by atoms with van der Waals surface area (Å²) in [5.41, 5.74) is 0. The number of fused-ring (bicyclic) bond motifs is 1. The molecule has 0 radical (unpaired) electrons. The van der Waals surface area contributed by atoms with Crippen LogP contribution in [0.3, 0.4) is 0 Å². The summed E-state index contributed by atoms with van der Waals surface area (Å²) >= 11 is 1.21. The van der Waals surface area contributed by atoms with Crippen LogP contribution < -0.4 is 0 Å². The van der Waals surface area contributed by atoms with Gasteiger partial charge in [0.15, 0.2) is 16.6 Å². The van der Waals surface area contributed by atoms with Gasteiger partial charge in [0.1, 0.15) is 12.2 Å². The van der Waals surface area contributed by atoms with Crippen molar-refractivity contribution in [3.63, 3.8) is 0 Å². The Hall–Kier alpha value is -0.660. The number of thioether (sulfide) groups is 1. The Balaban J connectivity index is 1.95. The van der Waals surface area contributed by atoms with Gasteiger partial charge in [-0.25, -0.2) is 0 Å². The Morgan fingerprint density at radius 3 is 2.80 bits per heavy atom. The van der Waals surface area contributed by atoms with Crippen molar-refractivity contribution in [2.24, 2.45) is 5.34 Å². The van der Waals surface area contributed by atoms with Crippen LogP contribution in [0.2, 0.25) is 0 Å². The van der Waals surface area contributed by atoms with E-state index in [1.807, 2.05) is 0 Å². The van der Waals surface area contributed by atoms with Crippen molar-refractivity contribution < 1.29 is 19.1 Å². The van der Waals surface area contributed by atoms with Crippen molar-refractivity contribution in [1.82, 2.24) is 0 Å². The number of rotatable bonds is 3. The molecule has 2 fully saturated rings. The van der Waals surface area contributed by atoms with Gasteiger partial charge >= 0.3 is 0 Å². The molecule has 7 heteroatoms. The second-order valence-electron chi connectivity index (χ2n) is 3.46. The van der Waals surface area contributed by atoms with Gasteiger partial charge in [0.2, 0.25) is 0 Å². The summed E-state index contributed by atoms with van der Waals surface area (Å²) in [7, 11) is 0. The fourth-order valence-corrected chi connectivity index (χ4v) is 2.83. The molecular formula is C8H11NO5S. The average molecular weight is 233 g/mol. The third-order valence-electron chi connectivity index (χ3n) is 2.46. The molecule has 4 atom stereocenters. The van der Waals surface area contributed by atoms with Crippen LogP contribution >= 0.6 is 11.8 Å². The maximum Gasteiger partial charge on any atom is 0.186 e. The normalized spacial score (nSPS) is 38.7. The summed E-state index contributed by atoms with van der Waals surface area (Å²) in [6.45, 7) is 2.24. The van der Waals surface area contributed by atoms with Crippen LogP contribution in [0.25, 0.3) is 0 Å². The lowest BCUT2D eigenvalue weighted by Crippen LogP contribution is -2.31. The van der Waals surface area contributed by atoms with Crippen LogP contribution in [0, 0.1) is 4.91 Å². The largest absolute Gasteiger partial charge is 0.370 e. The molecule has 2 heterocycles. The van der Waals surface area contributed by atoms with Gasteiger partial charge in [-0.2, -0.15) is 0 Å². The molecule has 0 saturated carbocycles. The standard InChI is InChI=1S/C8H11NO5S/c1-4(10)15-6-3-13-7-5(14-9-11)2-12-8(6)7/h5-8H,2-3H2,1H3/t5-,6+,7-,8-/m1/s1. The SMILES string of the molecule is CC(=O)S[C@H]1CO[C@H]2[C@@H]1OC[C@H]2ON=O. The maximum atomic E-state index is 10.9. The molecule has 0 N–H and O–H groups in total. The first kappa shape index (κ1) is 10.8. The molecule has 6 nitrogen and oxygen atoms in total. The van der Waals surface area contributed by atoms with E-state index in [-0.39, 0.29) is 29.2 Å². The van der Waals surface area contributed by atoms with Gasteiger partial charge in [0.05, 0.1) is 18.5 Å². The zero-order valence-electron chi connectivity index (χ0n) is 8.12. The lowest BCUT2D eigenvalue weighted by Gasteiger charge is -2.13. The number of nitrogens with zero attached hydrogens (tertiary/aromatic N) is 1. The van der Waals surface area contributed by atoms with Gasteiger partial charge in [0.25, 0.3) is 0 Å². The van der Waals surface area contributed by atoms with E-state index in [9.17, 15) is 9.70 Å². The first-order valence-electron chi connectivity index (χ1n) is 4.61. The molecule has 0 aromatic rings. The molecule has 2 aliphatic heterocycles. The highest BCUT2D eigenvalue weighted by Crippen LogP contribution is 2.35. The van der Waals surface area contributed by atoms with Gasteiger partial charge < -0.3 is 14.3 Å². The molecule has 15 heavy (non-hydrogen) atoms. The van der Waals surface area contributed by atoms with Crippen molar-refractivity contribution in [3.05, 3.63) is 4.91 Å². The van der Waals surface area contributed by atoms with Crippen molar-refractivity contribution >= 4 is 16.9 Å². The van der Waals surface area contributed by atoms with Crippen LogP contribution in [0.5, 0.6) is 0 Å². The minimum absolute atomic E-state index is 0.00671. The van der Waals surface area contributed by atoms with Gasteiger partial charge in [-0.15, -0.1) is 4.91 Å². The molecule has 0 aromatic carbocycles. The molecular weight excluding hydrogens is 222 g/mol. The van der Waals surface area contributed by atoms with E-state index >= 15 is 0 Å². The van der Waals surface area contributed by atoms with E-state index < -0.39 is 6.10 Å². The molecule has 0 aliphatic carbocycles. The second kappa shape index (κ2) is 4.46. The Kier molecular flexibility index (Phi) is 3.22. The van der Waals surface area contributed by atoms with E-state index in [1.54, 1.807) is 0 Å². The summed E-state index contributed by atoms with van der Waals surface area (Å²) in [6, 6.07) is 0. The first-order valence-corrected chi connectivity index (χ1v) is 5.49. The zero-order valence-corrected chi connectivity index (χ0v) is 8.94. The van der Waals surface area contributed by atoms with Crippen LogP contribution in [-0.4, -0.2) is 41.9 Å². The summed E-state index contributed by atoms with van der Waals surface area (Å²) in [4.78, 5) is 25.5. The minimum atomic E-state index is -0.440. The first-order chi connectivity index (χ1) is 7.22. The molecule has 0 amide bonds. The molecule has 2 aliphatic rings. The molecule has 0 bridgehead atoms. The smallest absolute Gasteiger partial charge is 0.186 e. The van der Waals surface area contributed by atoms with Crippen molar-refractivity contribution in [2.75, 3.05) is 13.2 Å². The highest BCUT2D eigenvalue weighted by atomic mass is 32.2. The minimum Gasteiger partial charge on any atom is -0.370 e. The van der Waals surface area contributed by atoms with E-state index in [0.717, 1.165) is 0 Å². The maximum absolute atomic E-state index is 10.9. The molecule has 0 spiro atoms. The number of carbonyl (C=O) groups is 1. The predicted octanol–water partition coefficient (Wildman–Crippen LogP) is 0.499. The van der Waals surface area contributed by atoms with Crippen molar-refractivity contribution in [2.45, 2.75) is 30.5 Å². The zero-order chi connectivity index (χ0) is 10.8. The Morgan fingerprint density at radius 2 is 2.13 bits per heavy atom. The molecule has 2 rings (SSSR count). The topological polar surface area (TPSA) is 74.2 Å². The lowest BCUT2D eigenvalue weighted by atomic mass is 10.1. The Bertz CT molecular complexity index is 274. The van der Waals surface area contributed by atoms with E-state index in [0.29, 0.717) is 6.61 Å². The summed E-state index contributed by atoms with van der Waals surface area (Å²) < 4.78 is 10.9. The quantitative estimate of drug-likeness (QED) is 0.522. The van der Waals surface area contributed by atoms with Crippen LogP contribution in [0.1, 0.15) is 6.92 Å². The predicted molar refractivity (Wildman–Crippen MR) is 52.2 cm³/mol. The number of hydrogen-bond donors (Lipinski definition) is 0. The third kappa shape index (κ3) is 2.14.